The van der Waals surface area contributed by atoms with E-state index in [9.17, 15) is 4.39 Å². The number of hydrogen-bond acceptors (Lipinski definition) is 4. The molecule has 1 aliphatic rings. The maximum absolute atomic E-state index is 14.0. The Morgan fingerprint density at radius 2 is 2.42 bits per heavy atom. The van der Waals surface area contributed by atoms with E-state index in [2.05, 4.69) is 4.90 Å². The molecule has 1 saturated heterocycles. The van der Waals surface area contributed by atoms with Gasteiger partial charge in [0.1, 0.15) is 11.9 Å². The van der Waals surface area contributed by atoms with E-state index in [1.54, 1.807) is 12.1 Å². The molecule has 1 fully saturated rings. The first kappa shape index (κ1) is 13.9. The molecule has 0 bridgehead atoms. The SMILES string of the molecule is CC(N)C1CN(Cc2cccc(C#N)c2F)CCO1. The molecule has 19 heavy (non-hydrogen) atoms. The van der Waals surface area contributed by atoms with Gasteiger partial charge in [0.05, 0.1) is 18.3 Å². The maximum Gasteiger partial charge on any atom is 0.145 e. The number of ether oxygens (including phenoxy) is 1. The van der Waals surface area contributed by atoms with Crippen LogP contribution in [0.2, 0.25) is 0 Å². The summed E-state index contributed by atoms with van der Waals surface area (Å²) >= 11 is 0. The van der Waals surface area contributed by atoms with E-state index in [1.165, 1.54) is 6.07 Å². The van der Waals surface area contributed by atoms with Gasteiger partial charge in [0.25, 0.3) is 0 Å². The number of rotatable bonds is 3. The predicted molar refractivity (Wildman–Crippen MR) is 69.8 cm³/mol. The number of morpholine rings is 1. The van der Waals surface area contributed by atoms with Crippen LogP contribution < -0.4 is 5.73 Å². The van der Waals surface area contributed by atoms with Crippen LogP contribution in [0, 0.1) is 17.1 Å². The lowest BCUT2D eigenvalue weighted by Gasteiger charge is -2.34. The summed E-state index contributed by atoms with van der Waals surface area (Å²) < 4.78 is 19.5. The molecule has 0 saturated carbocycles. The lowest BCUT2D eigenvalue weighted by Crippen LogP contribution is -2.49. The van der Waals surface area contributed by atoms with E-state index in [0.29, 0.717) is 25.3 Å². The number of halogens is 1. The van der Waals surface area contributed by atoms with Crippen LogP contribution in [0.3, 0.4) is 0 Å². The van der Waals surface area contributed by atoms with Crippen molar-refractivity contribution in [2.45, 2.75) is 25.6 Å². The lowest BCUT2D eigenvalue weighted by atomic mass is 10.1. The third kappa shape index (κ3) is 3.29. The Kier molecular flexibility index (Phi) is 4.48. The van der Waals surface area contributed by atoms with Gasteiger partial charge < -0.3 is 10.5 Å². The second kappa shape index (κ2) is 6.11. The van der Waals surface area contributed by atoms with Crippen molar-refractivity contribution in [1.29, 1.82) is 5.26 Å². The van der Waals surface area contributed by atoms with E-state index in [0.717, 1.165) is 6.54 Å². The van der Waals surface area contributed by atoms with Crippen LogP contribution >= 0.6 is 0 Å². The quantitative estimate of drug-likeness (QED) is 0.891. The van der Waals surface area contributed by atoms with Crippen LogP contribution in [-0.4, -0.2) is 36.7 Å². The van der Waals surface area contributed by atoms with Crippen LogP contribution in [-0.2, 0) is 11.3 Å². The van der Waals surface area contributed by atoms with Crippen molar-refractivity contribution in [3.05, 3.63) is 35.1 Å². The topological polar surface area (TPSA) is 62.3 Å². The molecule has 0 radical (unpaired) electrons. The van der Waals surface area contributed by atoms with E-state index in [1.807, 2.05) is 13.0 Å². The van der Waals surface area contributed by atoms with Gasteiger partial charge in [-0.15, -0.1) is 0 Å². The van der Waals surface area contributed by atoms with Crippen LogP contribution in [0.25, 0.3) is 0 Å². The zero-order valence-electron chi connectivity index (χ0n) is 11.0. The highest BCUT2D eigenvalue weighted by Crippen LogP contribution is 2.16. The molecule has 4 nitrogen and oxygen atoms in total. The molecular weight excluding hydrogens is 245 g/mol. The standard InChI is InChI=1S/C14H18FN3O/c1-10(17)13-9-18(5-6-19-13)8-12-4-2-3-11(7-16)14(12)15/h2-4,10,13H,5-6,8-9,17H2,1H3. The number of hydrogen-bond donors (Lipinski definition) is 1. The zero-order valence-corrected chi connectivity index (χ0v) is 11.0. The van der Waals surface area contributed by atoms with Gasteiger partial charge in [-0.1, -0.05) is 12.1 Å². The Morgan fingerprint density at radius 3 is 3.11 bits per heavy atom. The summed E-state index contributed by atoms with van der Waals surface area (Å²) in [6.07, 6.45) is -0.0176. The molecule has 5 heteroatoms. The van der Waals surface area contributed by atoms with Crippen molar-refractivity contribution in [2.75, 3.05) is 19.7 Å². The average Bonchev–Trinajstić information content (AvgIpc) is 2.41. The molecule has 2 atom stereocenters. The molecule has 0 spiro atoms. The third-order valence-electron chi connectivity index (χ3n) is 3.36. The lowest BCUT2D eigenvalue weighted by molar-refractivity contribution is -0.0406. The Morgan fingerprint density at radius 1 is 1.63 bits per heavy atom. The molecule has 0 aliphatic carbocycles. The largest absolute Gasteiger partial charge is 0.374 e. The smallest absolute Gasteiger partial charge is 0.145 e. The van der Waals surface area contributed by atoms with Crippen LogP contribution in [0.5, 0.6) is 0 Å². The summed E-state index contributed by atoms with van der Waals surface area (Å²) in [6.45, 7) is 4.43. The van der Waals surface area contributed by atoms with Crippen molar-refractivity contribution < 1.29 is 9.13 Å². The molecule has 1 heterocycles. The maximum atomic E-state index is 14.0. The van der Waals surface area contributed by atoms with Gasteiger partial charge in [-0.05, 0) is 13.0 Å². The number of nitriles is 1. The first-order valence-corrected chi connectivity index (χ1v) is 6.39. The Balaban J connectivity index is 2.07. The minimum Gasteiger partial charge on any atom is -0.374 e. The van der Waals surface area contributed by atoms with E-state index >= 15 is 0 Å². The zero-order chi connectivity index (χ0) is 13.8. The van der Waals surface area contributed by atoms with Gasteiger partial charge in [0.2, 0.25) is 0 Å². The molecule has 2 rings (SSSR count). The normalized spacial score (nSPS) is 21.9. The fourth-order valence-corrected chi connectivity index (χ4v) is 2.22. The van der Waals surface area contributed by atoms with Crippen molar-refractivity contribution in [3.8, 4) is 6.07 Å². The fraction of sp³-hybridized carbons (Fsp3) is 0.500. The Bertz CT molecular complexity index is 484. The molecule has 0 aromatic heterocycles. The van der Waals surface area contributed by atoms with E-state index in [4.69, 9.17) is 15.7 Å². The van der Waals surface area contributed by atoms with Crippen molar-refractivity contribution in [2.24, 2.45) is 5.73 Å². The van der Waals surface area contributed by atoms with Gasteiger partial charge in [0, 0.05) is 31.2 Å². The number of benzene rings is 1. The first-order valence-electron chi connectivity index (χ1n) is 6.39. The molecule has 0 amide bonds. The molecule has 102 valence electrons. The second-order valence-electron chi connectivity index (χ2n) is 4.89. The van der Waals surface area contributed by atoms with Gasteiger partial charge >= 0.3 is 0 Å². The van der Waals surface area contributed by atoms with Crippen molar-refractivity contribution in [3.63, 3.8) is 0 Å². The summed E-state index contributed by atoms with van der Waals surface area (Å²) in [5, 5.41) is 8.82. The van der Waals surface area contributed by atoms with Crippen LogP contribution in [0.1, 0.15) is 18.1 Å². The molecule has 2 N–H and O–H groups in total. The molecule has 1 aliphatic heterocycles. The predicted octanol–water partition coefficient (Wildman–Crippen LogP) is 1.25. The molecule has 1 aromatic rings. The third-order valence-corrected chi connectivity index (χ3v) is 3.36. The van der Waals surface area contributed by atoms with Gasteiger partial charge in [-0.25, -0.2) is 4.39 Å². The highest BCUT2D eigenvalue weighted by Gasteiger charge is 2.24. The Hall–Kier alpha value is -1.48. The molecule has 1 aromatic carbocycles. The minimum atomic E-state index is -0.422. The van der Waals surface area contributed by atoms with Gasteiger partial charge in [-0.3, -0.25) is 4.90 Å². The number of nitrogens with two attached hydrogens (primary N) is 1. The van der Waals surface area contributed by atoms with E-state index in [-0.39, 0.29) is 17.7 Å². The average molecular weight is 263 g/mol. The van der Waals surface area contributed by atoms with Crippen LogP contribution in [0.4, 0.5) is 4.39 Å². The highest BCUT2D eigenvalue weighted by molar-refractivity contribution is 5.34. The Labute approximate surface area is 112 Å². The summed E-state index contributed by atoms with van der Waals surface area (Å²) in [7, 11) is 0. The highest BCUT2D eigenvalue weighted by atomic mass is 19.1. The monoisotopic (exact) mass is 263 g/mol. The van der Waals surface area contributed by atoms with Gasteiger partial charge in [0.15, 0.2) is 0 Å². The minimum absolute atomic E-state index is 0.0176. The van der Waals surface area contributed by atoms with E-state index < -0.39 is 5.82 Å². The summed E-state index contributed by atoms with van der Waals surface area (Å²) in [5.74, 6) is -0.422. The summed E-state index contributed by atoms with van der Waals surface area (Å²) in [6, 6.07) is 6.73. The fourth-order valence-electron chi connectivity index (χ4n) is 2.22. The van der Waals surface area contributed by atoms with Gasteiger partial charge in [-0.2, -0.15) is 5.26 Å². The number of nitrogens with zero attached hydrogens (tertiary/aromatic N) is 2. The van der Waals surface area contributed by atoms with Crippen LogP contribution in [0.15, 0.2) is 18.2 Å². The summed E-state index contributed by atoms with van der Waals surface area (Å²) in [4.78, 5) is 2.11. The van der Waals surface area contributed by atoms with Crippen molar-refractivity contribution in [1.82, 2.24) is 4.90 Å². The molecular formula is C14H18FN3O. The first-order chi connectivity index (χ1) is 9.11. The molecule has 2 unspecified atom stereocenters. The van der Waals surface area contributed by atoms with Crippen molar-refractivity contribution >= 4 is 0 Å². The second-order valence-corrected chi connectivity index (χ2v) is 4.89. The summed E-state index contributed by atoms with van der Waals surface area (Å²) in [5.41, 5.74) is 6.47.